The summed E-state index contributed by atoms with van der Waals surface area (Å²) in [5.74, 6) is 1.15. The van der Waals surface area contributed by atoms with Crippen LogP contribution in [0.2, 0.25) is 5.02 Å². The number of nitrogens with two attached hydrogens (primary N) is 1. The molecule has 1 aromatic heterocycles. The van der Waals surface area contributed by atoms with Crippen molar-refractivity contribution >= 4 is 28.5 Å². The normalized spacial score (nSPS) is 11.4. The Labute approximate surface area is 117 Å². The Bertz CT molecular complexity index is 602. The lowest BCUT2D eigenvalue weighted by molar-refractivity contribution is 0.382. The number of fused-ring (bicyclic) bond motifs is 1. The van der Waals surface area contributed by atoms with Crippen LogP contribution in [0.4, 0.5) is 0 Å². The quantitative estimate of drug-likeness (QED) is 0.650. The van der Waals surface area contributed by atoms with Gasteiger partial charge in [-0.15, -0.1) is 0 Å². The molecule has 0 fully saturated rings. The van der Waals surface area contributed by atoms with Gasteiger partial charge in [0.25, 0.3) is 0 Å². The average molecular weight is 280 g/mol. The van der Waals surface area contributed by atoms with E-state index < -0.39 is 0 Å². The van der Waals surface area contributed by atoms with Crippen LogP contribution in [0.1, 0.15) is 12.2 Å². The topological polar surface area (TPSA) is 70.9 Å². The van der Waals surface area contributed by atoms with Gasteiger partial charge in [0.2, 0.25) is 0 Å². The minimum Gasteiger partial charge on any atom is -0.388 e. The van der Waals surface area contributed by atoms with Crippen LogP contribution >= 0.6 is 11.6 Å². The molecule has 0 spiro atoms. The highest BCUT2D eigenvalue weighted by Crippen LogP contribution is 2.21. The molecule has 1 aromatic carbocycles. The Morgan fingerprint density at radius 3 is 2.84 bits per heavy atom. The van der Waals surface area contributed by atoms with Gasteiger partial charge in [-0.2, -0.15) is 0 Å². The molecular weight excluding hydrogens is 262 g/mol. The fraction of sp³-hybridized carbons (Fsp3) is 0.385. The second-order valence-electron chi connectivity index (χ2n) is 4.83. The number of benzene rings is 1. The molecule has 0 bridgehead atoms. The number of aryl methyl sites for hydroxylation is 1. The number of amidine groups is 1. The van der Waals surface area contributed by atoms with E-state index in [4.69, 9.17) is 22.7 Å². The largest absolute Gasteiger partial charge is 0.388 e. The zero-order valence-corrected chi connectivity index (χ0v) is 11.9. The number of hydrogen-bond donors (Lipinski definition) is 2. The predicted molar refractivity (Wildman–Crippen MR) is 78.7 cm³/mol. The highest BCUT2D eigenvalue weighted by molar-refractivity contribution is 6.31. The maximum atomic E-state index is 7.36. The standard InChI is InChI=1S/C13H18ClN5/c1-18(2)8-13-17-10-7-9(14)3-4-11(10)19(13)6-5-12(15)16/h3-4,7H,5-6,8H2,1-2H3,(H3,15,16). The molecule has 102 valence electrons. The van der Waals surface area contributed by atoms with Crippen molar-refractivity contribution in [1.82, 2.24) is 14.5 Å². The minimum absolute atomic E-state index is 0.187. The van der Waals surface area contributed by atoms with Crippen molar-refractivity contribution < 1.29 is 0 Å². The van der Waals surface area contributed by atoms with Crippen molar-refractivity contribution in [1.29, 1.82) is 5.41 Å². The second kappa shape index (κ2) is 5.59. The maximum absolute atomic E-state index is 7.36. The van der Waals surface area contributed by atoms with E-state index in [2.05, 4.69) is 14.5 Å². The van der Waals surface area contributed by atoms with Gasteiger partial charge in [0, 0.05) is 18.0 Å². The Balaban J connectivity index is 2.45. The van der Waals surface area contributed by atoms with Crippen LogP contribution in [0.3, 0.4) is 0 Å². The van der Waals surface area contributed by atoms with Crippen LogP contribution in [-0.2, 0) is 13.1 Å². The third-order valence-corrected chi connectivity index (χ3v) is 3.09. The van der Waals surface area contributed by atoms with Gasteiger partial charge >= 0.3 is 0 Å². The first-order valence-electron chi connectivity index (χ1n) is 6.09. The van der Waals surface area contributed by atoms with E-state index >= 15 is 0 Å². The lowest BCUT2D eigenvalue weighted by Crippen LogP contribution is -2.18. The molecule has 0 amide bonds. The van der Waals surface area contributed by atoms with E-state index in [-0.39, 0.29) is 5.84 Å². The number of rotatable bonds is 5. The summed E-state index contributed by atoms with van der Waals surface area (Å²) in [5, 5.41) is 8.04. The summed E-state index contributed by atoms with van der Waals surface area (Å²) in [6, 6.07) is 5.68. The van der Waals surface area contributed by atoms with Crippen LogP contribution in [0, 0.1) is 5.41 Å². The Morgan fingerprint density at radius 2 is 2.21 bits per heavy atom. The van der Waals surface area contributed by atoms with Crippen LogP contribution in [-0.4, -0.2) is 34.4 Å². The van der Waals surface area contributed by atoms with Crippen LogP contribution in [0.5, 0.6) is 0 Å². The number of imidazole rings is 1. The minimum atomic E-state index is 0.187. The summed E-state index contributed by atoms with van der Waals surface area (Å²) >= 11 is 6.00. The Kier molecular flexibility index (Phi) is 4.07. The Hall–Kier alpha value is -1.59. The smallest absolute Gasteiger partial charge is 0.124 e. The molecule has 3 N–H and O–H groups in total. The highest BCUT2D eigenvalue weighted by Gasteiger charge is 2.11. The fourth-order valence-corrected chi connectivity index (χ4v) is 2.20. The predicted octanol–water partition coefficient (Wildman–Crippen LogP) is 2.08. The third kappa shape index (κ3) is 3.24. The van der Waals surface area contributed by atoms with Gasteiger partial charge in [0.15, 0.2) is 0 Å². The number of aromatic nitrogens is 2. The molecule has 0 aliphatic heterocycles. The SMILES string of the molecule is CN(C)Cc1nc2cc(Cl)ccc2n1CCC(=N)N. The molecule has 19 heavy (non-hydrogen) atoms. The molecule has 0 saturated heterocycles. The fourth-order valence-electron chi connectivity index (χ4n) is 2.04. The summed E-state index contributed by atoms with van der Waals surface area (Å²) in [6.07, 6.45) is 0.522. The molecule has 0 aliphatic carbocycles. The van der Waals surface area contributed by atoms with Gasteiger partial charge < -0.3 is 15.2 Å². The lowest BCUT2D eigenvalue weighted by atomic mass is 10.3. The highest BCUT2D eigenvalue weighted by atomic mass is 35.5. The van der Waals surface area contributed by atoms with Crippen molar-refractivity contribution in [2.45, 2.75) is 19.5 Å². The van der Waals surface area contributed by atoms with E-state index in [9.17, 15) is 0 Å². The summed E-state index contributed by atoms with van der Waals surface area (Å²) < 4.78 is 2.10. The van der Waals surface area contributed by atoms with Gasteiger partial charge in [-0.1, -0.05) is 11.6 Å². The number of hydrogen-bond acceptors (Lipinski definition) is 3. The van der Waals surface area contributed by atoms with E-state index in [1.165, 1.54) is 0 Å². The second-order valence-corrected chi connectivity index (χ2v) is 5.26. The molecule has 6 heteroatoms. The van der Waals surface area contributed by atoms with Crippen LogP contribution < -0.4 is 5.73 Å². The number of nitrogens with one attached hydrogen (secondary N) is 1. The summed E-state index contributed by atoms with van der Waals surface area (Å²) in [7, 11) is 4.00. The number of halogens is 1. The average Bonchev–Trinajstić information content (AvgIpc) is 2.61. The summed E-state index contributed by atoms with van der Waals surface area (Å²) in [6.45, 7) is 1.40. The molecule has 2 aromatic rings. The molecule has 0 radical (unpaired) electrons. The van der Waals surface area contributed by atoms with Crippen molar-refractivity contribution in [3.63, 3.8) is 0 Å². The zero-order chi connectivity index (χ0) is 14.0. The molecule has 0 unspecified atom stereocenters. The van der Waals surface area contributed by atoms with E-state index in [0.717, 1.165) is 23.4 Å². The van der Waals surface area contributed by atoms with E-state index in [0.29, 0.717) is 18.0 Å². The zero-order valence-electron chi connectivity index (χ0n) is 11.2. The van der Waals surface area contributed by atoms with Gasteiger partial charge in [0.05, 0.1) is 23.4 Å². The number of nitrogens with zero attached hydrogens (tertiary/aromatic N) is 3. The maximum Gasteiger partial charge on any atom is 0.124 e. The molecule has 2 rings (SSSR count). The van der Waals surface area contributed by atoms with Crippen molar-refractivity contribution in [2.75, 3.05) is 14.1 Å². The monoisotopic (exact) mass is 279 g/mol. The van der Waals surface area contributed by atoms with Gasteiger partial charge in [-0.25, -0.2) is 4.98 Å². The van der Waals surface area contributed by atoms with Gasteiger partial charge in [0.1, 0.15) is 5.82 Å². The Morgan fingerprint density at radius 1 is 1.47 bits per heavy atom. The van der Waals surface area contributed by atoms with Crippen LogP contribution in [0.25, 0.3) is 11.0 Å². The van der Waals surface area contributed by atoms with Crippen molar-refractivity contribution in [3.8, 4) is 0 Å². The first-order chi connectivity index (χ1) is 8.97. The summed E-state index contributed by atoms with van der Waals surface area (Å²) in [4.78, 5) is 6.68. The first kappa shape index (κ1) is 13.8. The molecule has 0 aliphatic rings. The lowest BCUT2D eigenvalue weighted by Gasteiger charge is -2.12. The van der Waals surface area contributed by atoms with Crippen molar-refractivity contribution in [2.24, 2.45) is 5.73 Å². The molecule has 1 heterocycles. The first-order valence-corrected chi connectivity index (χ1v) is 6.47. The molecule has 0 saturated carbocycles. The third-order valence-electron chi connectivity index (χ3n) is 2.85. The van der Waals surface area contributed by atoms with Gasteiger partial charge in [-0.3, -0.25) is 5.41 Å². The molecule has 0 atom stereocenters. The molecular formula is C13H18ClN5. The van der Waals surface area contributed by atoms with Crippen LogP contribution in [0.15, 0.2) is 18.2 Å². The summed E-state index contributed by atoms with van der Waals surface area (Å²) in [5.41, 5.74) is 7.36. The van der Waals surface area contributed by atoms with E-state index in [1.54, 1.807) is 0 Å². The molecule has 5 nitrogen and oxygen atoms in total. The van der Waals surface area contributed by atoms with Gasteiger partial charge in [-0.05, 0) is 32.3 Å². The van der Waals surface area contributed by atoms with Crippen molar-refractivity contribution in [3.05, 3.63) is 29.0 Å². The van der Waals surface area contributed by atoms with E-state index in [1.807, 2.05) is 32.3 Å².